The summed E-state index contributed by atoms with van der Waals surface area (Å²) in [5.74, 6) is 1.18. The van der Waals surface area contributed by atoms with Crippen LogP contribution in [0.5, 0.6) is 5.75 Å². The van der Waals surface area contributed by atoms with Crippen molar-refractivity contribution in [1.29, 1.82) is 0 Å². The van der Waals surface area contributed by atoms with Crippen molar-refractivity contribution >= 4 is 21.8 Å². The van der Waals surface area contributed by atoms with Crippen LogP contribution in [0.2, 0.25) is 0 Å². The first-order chi connectivity index (χ1) is 13.2. The van der Waals surface area contributed by atoms with Crippen molar-refractivity contribution in [1.82, 2.24) is 5.32 Å². The van der Waals surface area contributed by atoms with Gasteiger partial charge in [-0.25, -0.2) is 4.39 Å². The lowest BCUT2D eigenvalue weighted by Crippen LogP contribution is -2.30. The quantitative estimate of drug-likeness (QED) is 0.802. The Kier molecular flexibility index (Phi) is 4.20. The Morgan fingerprint density at radius 1 is 1.19 bits per heavy atom. The smallest absolute Gasteiger partial charge is 0.251 e. The first-order valence-electron chi connectivity index (χ1n) is 9.17. The molecule has 1 saturated heterocycles. The van der Waals surface area contributed by atoms with Gasteiger partial charge in [0, 0.05) is 29.0 Å². The van der Waals surface area contributed by atoms with E-state index in [1.165, 1.54) is 0 Å². The summed E-state index contributed by atoms with van der Waals surface area (Å²) >= 11 is 3.51. The standard InChI is InChI=1S/C21H19BrFNO3/c22-16-7-12(21(25)24-19-14-9-26-10-15(14)19)6-13-18(11-4-2-1-3-5-11)17(8-23)27-20(13)16/h1-7,14-15,17-19H,8-10H2,(H,24,25)/t14-,15+,17?,18?,19?. The highest BCUT2D eigenvalue weighted by Gasteiger charge is 2.54. The number of hydrogen-bond acceptors (Lipinski definition) is 3. The van der Waals surface area contributed by atoms with E-state index < -0.39 is 12.8 Å². The van der Waals surface area contributed by atoms with Crippen LogP contribution < -0.4 is 10.1 Å². The van der Waals surface area contributed by atoms with Crippen LogP contribution in [0.1, 0.15) is 27.4 Å². The summed E-state index contributed by atoms with van der Waals surface area (Å²) in [6.07, 6.45) is -0.586. The third-order valence-electron chi connectivity index (χ3n) is 5.87. The first kappa shape index (κ1) is 17.2. The van der Waals surface area contributed by atoms with Gasteiger partial charge in [-0.3, -0.25) is 4.79 Å². The zero-order valence-corrected chi connectivity index (χ0v) is 16.1. The summed E-state index contributed by atoms with van der Waals surface area (Å²) in [5.41, 5.74) is 2.40. The highest BCUT2D eigenvalue weighted by molar-refractivity contribution is 9.10. The second-order valence-electron chi connectivity index (χ2n) is 7.44. The zero-order chi connectivity index (χ0) is 18.5. The summed E-state index contributed by atoms with van der Waals surface area (Å²) in [5, 5.41) is 3.12. The summed E-state index contributed by atoms with van der Waals surface area (Å²) in [7, 11) is 0. The molecule has 4 nitrogen and oxygen atoms in total. The number of fused-ring (bicyclic) bond motifs is 2. The molecular formula is C21H19BrFNO3. The molecule has 5 atom stereocenters. The topological polar surface area (TPSA) is 47.6 Å². The van der Waals surface area contributed by atoms with Crippen LogP contribution in [0.4, 0.5) is 4.39 Å². The van der Waals surface area contributed by atoms with Gasteiger partial charge in [-0.15, -0.1) is 0 Å². The second kappa shape index (κ2) is 6.60. The average molecular weight is 432 g/mol. The van der Waals surface area contributed by atoms with Gasteiger partial charge in [-0.2, -0.15) is 0 Å². The predicted octanol–water partition coefficient (Wildman–Crippen LogP) is 3.69. The van der Waals surface area contributed by atoms with Gasteiger partial charge in [-0.1, -0.05) is 30.3 Å². The summed E-state index contributed by atoms with van der Waals surface area (Å²) in [6, 6.07) is 13.5. The molecule has 3 unspecified atom stereocenters. The fraction of sp³-hybridized carbons (Fsp3) is 0.381. The molecule has 6 heteroatoms. The van der Waals surface area contributed by atoms with Crippen LogP contribution >= 0.6 is 15.9 Å². The van der Waals surface area contributed by atoms with Crippen molar-refractivity contribution in [2.24, 2.45) is 11.8 Å². The zero-order valence-electron chi connectivity index (χ0n) is 14.5. The van der Waals surface area contributed by atoms with E-state index in [-0.39, 0.29) is 17.9 Å². The Hall–Kier alpha value is -1.92. The van der Waals surface area contributed by atoms with E-state index in [0.29, 0.717) is 27.6 Å². The molecule has 2 heterocycles. The molecule has 2 fully saturated rings. The number of halogens is 2. The molecule has 0 bridgehead atoms. The van der Waals surface area contributed by atoms with Crippen molar-refractivity contribution < 1.29 is 18.7 Å². The minimum Gasteiger partial charge on any atom is -0.485 e. The molecule has 140 valence electrons. The highest BCUT2D eigenvalue weighted by Crippen LogP contribution is 2.47. The number of carbonyl (C=O) groups is 1. The Morgan fingerprint density at radius 3 is 2.63 bits per heavy atom. The lowest BCUT2D eigenvalue weighted by atomic mass is 9.88. The lowest BCUT2D eigenvalue weighted by molar-refractivity contribution is 0.0929. The Bertz CT molecular complexity index is 880. The fourth-order valence-corrected chi connectivity index (χ4v) is 4.95. The Morgan fingerprint density at radius 2 is 1.93 bits per heavy atom. The van der Waals surface area contributed by atoms with Crippen molar-refractivity contribution in [3.63, 3.8) is 0 Å². The number of hydrogen-bond donors (Lipinski definition) is 1. The maximum atomic E-state index is 13.7. The van der Waals surface area contributed by atoms with Gasteiger partial charge in [0.15, 0.2) is 0 Å². The van der Waals surface area contributed by atoms with E-state index >= 15 is 0 Å². The predicted molar refractivity (Wildman–Crippen MR) is 102 cm³/mol. The molecule has 0 aromatic heterocycles. The lowest BCUT2D eigenvalue weighted by Gasteiger charge is -2.16. The number of nitrogens with one attached hydrogen (secondary N) is 1. The molecule has 1 N–H and O–H groups in total. The molecule has 2 aliphatic heterocycles. The van der Waals surface area contributed by atoms with Crippen LogP contribution in [-0.4, -0.2) is 37.9 Å². The number of carbonyl (C=O) groups excluding carboxylic acids is 1. The summed E-state index contributed by atoms with van der Waals surface area (Å²) < 4.78 is 25.6. The van der Waals surface area contributed by atoms with Gasteiger partial charge in [0.05, 0.1) is 23.6 Å². The van der Waals surface area contributed by atoms with Crippen molar-refractivity contribution in [2.45, 2.75) is 18.1 Å². The number of ether oxygens (including phenoxy) is 2. The molecule has 2 aromatic carbocycles. The third kappa shape index (κ3) is 2.86. The number of rotatable bonds is 4. The minimum absolute atomic E-state index is 0.103. The van der Waals surface area contributed by atoms with E-state index in [9.17, 15) is 9.18 Å². The number of amides is 1. The van der Waals surface area contributed by atoms with Gasteiger partial charge in [-0.05, 0) is 33.6 Å². The van der Waals surface area contributed by atoms with Gasteiger partial charge < -0.3 is 14.8 Å². The molecular weight excluding hydrogens is 413 g/mol. The van der Waals surface area contributed by atoms with Gasteiger partial charge in [0.25, 0.3) is 5.91 Å². The molecule has 27 heavy (non-hydrogen) atoms. The molecule has 5 rings (SSSR count). The second-order valence-corrected chi connectivity index (χ2v) is 8.29. The molecule has 1 saturated carbocycles. The summed E-state index contributed by atoms with van der Waals surface area (Å²) in [4.78, 5) is 12.8. The highest BCUT2D eigenvalue weighted by atomic mass is 79.9. The van der Waals surface area contributed by atoms with Crippen LogP contribution in [0.25, 0.3) is 0 Å². The molecule has 1 amide bonds. The normalized spacial score (nSPS) is 30.4. The van der Waals surface area contributed by atoms with Gasteiger partial charge in [0.1, 0.15) is 18.5 Å². The SMILES string of the molecule is O=C(NC1[C@H]2COC[C@@H]12)c1cc(Br)c2c(c1)C(c1ccccc1)C(CF)O2. The number of benzene rings is 2. The van der Waals surface area contributed by atoms with Crippen molar-refractivity contribution in [3.05, 3.63) is 63.6 Å². The molecule has 2 aromatic rings. The molecule has 1 aliphatic carbocycles. The monoisotopic (exact) mass is 431 g/mol. The number of alkyl halides is 1. The van der Waals surface area contributed by atoms with Crippen LogP contribution in [0.15, 0.2) is 46.9 Å². The maximum Gasteiger partial charge on any atom is 0.251 e. The Balaban J connectivity index is 1.46. The largest absolute Gasteiger partial charge is 0.485 e. The van der Waals surface area contributed by atoms with Crippen LogP contribution in [0, 0.1) is 11.8 Å². The maximum absolute atomic E-state index is 13.7. The van der Waals surface area contributed by atoms with Crippen molar-refractivity contribution in [2.75, 3.05) is 19.9 Å². The van der Waals surface area contributed by atoms with Crippen LogP contribution in [-0.2, 0) is 4.74 Å². The average Bonchev–Trinajstić information content (AvgIpc) is 3.05. The van der Waals surface area contributed by atoms with Crippen LogP contribution in [0.3, 0.4) is 0 Å². The van der Waals surface area contributed by atoms with E-state index in [1.54, 1.807) is 6.07 Å². The fourth-order valence-electron chi connectivity index (χ4n) is 4.38. The first-order valence-corrected chi connectivity index (χ1v) is 9.96. The van der Waals surface area contributed by atoms with E-state index in [4.69, 9.17) is 9.47 Å². The van der Waals surface area contributed by atoms with E-state index in [2.05, 4.69) is 21.2 Å². The van der Waals surface area contributed by atoms with E-state index in [0.717, 1.165) is 24.3 Å². The molecule has 3 aliphatic rings. The van der Waals surface area contributed by atoms with Crippen molar-refractivity contribution in [3.8, 4) is 5.75 Å². The van der Waals surface area contributed by atoms with Gasteiger partial charge in [0.2, 0.25) is 0 Å². The van der Waals surface area contributed by atoms with E-state index in [1.807, 2.05) is 36.4 Å². The Labute approximate surface area is 165 Å². The third-order valence-corrected chi connectivity index (χ3v) is 6.46. The molecule has 0 spiro atoms. The molecule has 0 radical (unpaired) electrons. The minimum atomic E-state index is -0.590. The summed E-state index contributed by atoms with van der Waals surface area (Å²) in [6.45, 7) is 0.866. The van der Waals surface area contributed by atoms with Gasteiger partial charge >= 0.3 is 0 Å².